The highest BCUT2D eigenvalue weighted by Gasteiger charge is 2.57. The minimum atomic E-state index is -1.39. The molecule has 6 heteroatoms. The van der Waals surface area contributed by atoms with Crippen molar-refractivity contribution in [2.24, 2.45) is 11.8 Å². The number of ketones is 1. The quantitative estimate of drug-likeness (QED) is 0.379. The SMILES string of the molecule is COc1ccc2c(n1)CC1C=C(C)C[C@@]2(C(=O)O[C@@H]2CC[C@@H](C(C)(C)c3ccccc3)[C@H](O)C2)C1=O. The second kappa shape index (κ2) is 9.15. The third-order valence-corrected chi connectivity index (χ3v) is 8.65. The Balaban J connectivity index is 1.38. The van der Waals surface area contributed by atoms with Crippen molar-refractivity contribution >= 4 is 11.8 Å². The van der Waals surface area contributed by atoms with Crippen molar-refractivity contribution in [2.75, 3.05) is 7.11 Å². The number of allylic oxidation sites excluding steroid dienone is 2. The van der Waals surface area contributed by atoms with Gasteiger partial charge in [0, 0.05) is 24.8 Å². The lowest BCUT2D eigenvalue weighted by Crippen LogP contribution is -2.54. The number of methoxy groups -OCH3 is 1. The molecule has 3 aliphatic rings. The first-order valence-corrected chi connectivity index (χ1v) is 12.9. The summed E-state index contributed by atoms with van der Waals surface area (Å²) in [5.41, 5.74) is 1.93. The van der Waals surface area contributed by atoms with Crippen LogP contribution in [0.25, 0.3) is 0 Å². The molecule has 36 heavy (non-hydrogen) atoms. The molecule has 2 aromatic rings. The lowest BCUT2D eigenvalue weighted by atomic mass is 9.60. The van der Waals surface area contributed by atoms with Gasteiger partial charge < -0.3 is 14.6 Å². The highest BCUT2D eigenvalue weighted by Crippen LogP contribution is 2.48. The summed E-state index contributed by atoms with van der Waals surface area (Å²) in [6.07, 6.45) is 3.42. The van der Waals surface area contributed by atoms with Gasteiger partial charge in [0.15, 0.2) is 11.2 Å². The first kappa shape index (κ1) is 24.7. The molecular weight excluding hydrogens is 454 g/mol. The predicted molar refractivity (Wildman–Crippen MR) is 136 cm³/mol. The van der Waals surface area contributed by atoms with E-state index in [1.54, 1.807) is 19.2 Å². The zero-order valence-electron chi connectivity index (χ0n) is 21.5. The van der Waals surface area contributed by atoms with Crippen LogP contribution in [0.2, 0.25) is 0 Å². The summed E-state index contributed by atoms with van der Waals surface area (Å²) in [6.45, 7) is 6.29. The molecule has 3 aliphatic carbocycles. The second-order valence-corrected chi connectivity index (χ2v) is 11.2. The van der Waals surface area contributed by atoms with Crippen LogP contribution in [-0.4, -0.2) is 41.2 Å². The number of pyridine rings is 1. The Kier molecular flexibility index (Phi) is 6.27. The topological polar surface area (TPSA) is 85.7 Å². The molecule has 1 saturated carbocycles. The van der Waals surface area contributed by atoms with E-state index in [9.17, 15) is 14.7 Å². The van der Waals surface area contributed by atoms with Gasteiger partial charge in [0.1, 0.15) is 6.10 Å². The summed E-state index contributed by atoms with van der Waals surface area (Å²) in [5, 5.41) is 11.2. The van der Waals surface area contributed by atoms with Crippen LogP contribution < -0.4 is 4.74 Å². The third kappa shape index (κ3) is 3.96. The number of rotatable bonds is 5. The highest BCUT2D eigenvalue weighted by atomic mass is 16.5. The fourth-order valence-electron chi connectivity index (χ4n) is 6.70. The van der Waals surface area contributed by atoms with Gasteiger partial charge in [-0.25, -0.2) is 4.98 Å². The van der Waals surface area contributed by atoms with Crippen LogP contribution in [0.3, 0.4) is 0 Å². The van der Waals surface area contributed by atoms with E-state index in [1.165, 1.54) is 5.56 Å². The third-order valence-electron chi connectivity index (χ3n) is 8.65. The van der Waals surface area contributed by atoms with Crippen molar-refractivity contribution in [1.29, 1.82) is 0 Å². The van der Waals surface area contributed by atoms with E-state index in [1.807, 2.05) is 31.2 Å². The van der Waals surface area contributed by atoms with E-state index in [0.29, 0.717) is 42.8 Å². The van der Waals surface area contributed by atoms with Crippen LogP contribution in [0.4, 0.5) is 0 Å². The number of hydrogen-bond donors (Lipinski definition) is 1. The van der Waals surface area contributed by atoms with Gasteiger partial charge in [-0.3, -0.25) is 9.59 Å². The van der Waals surface area contributed by atoms with E-state index in [4.69, 9.17) is 9.47 Å². The Morgan fingerprint density at radius 1 is 1.14 bits per heavy atom. The van der Waals surface area contributed by atoms with E-state index in [2.05, 4.69) is 31.0 Å². The molecular formula is C30H35NO5. The van der Waals surface area contributed by atoms with E-state index < -0.39 is 29.5 Å². The zero-order valence-corrected chi connectivity index (χ0v) is 21.5. The van der Waals surface area contributed by atoms with Crippen LogP contribution in [0, 0.1) is 11.8 Å². The molecule has 190 valence electrons. The van der Waals surface area contributed by atoms with Gasteiger partial charge in [-0.05, 0) is 48.6 Å². The Labute approximate surface area is 212 Å². The van der Waals surface area contributed by atoms with Crippen molar-refractivity contribution in [3.05, 3.63) is 70.9 Å². The highest BCUT2D eigenvalue weighted by molar-refractivity contribution is 6.13. The lowest BCUT2D eigenvalue weighted by molar-refractivity contribution is -0.165. The number of aliphatic hydroxyl groups is 1. The molecule has 5 rings (SSSR count). The summed E-state index contributed by atoms with van der Waals surface area (Å²) in [4.78, 5) is 32.1. The maximum atomic E-state index is 13.9. The van der Waals surface area contributed by atoms with Gasteiger partial charge in [0.25, 0.3) is 0 Å². The lowest BCUT2D eigenvalue weighted by Gasteiger charge is -2.44. The van der Waals surface area contributed by atoms with Crippen molar-refractivity contribution in [3.63, 3.8) is 0 Å². The molecule has 1 fully saturated rings. The van der Waals surface area contributed by atoms with Crippen molar-refractivity contribution in [2.45, 2.75) is 75.9 Å². The normalized spacial score (nSPS) is 29.7. The standard InChI is InChI=1S/C30H35NO5/c1-18-14-19-15-24-22(12-13-26(31-24)35-4)30(17-18,27(19)33)28(34)36-21-10-11-23(25(32)16-21)29(2,3)20-8-6-5-7-9-20/h5-9,12-14,19,21,23,25,32H,10-11,15-17H2,1-4H3/t19?,21-,23-,25-,30+/m1/s1. The molecule has 0 spiro atoms. The minimum absolute atomic E-state index is 0.0472. The zero-order chi connectivity index (χ0) is 25.7. The van der Waals surface area contributed by atoms with Crippen molar-refractivity contribution in [1.82, 2.24) is 4.98 Å². The number of carbonyl (C=O) groups is 2. The summed E-state index contributed by atoms with van der Waals surface area (Å²) in [5.74, 6) is -0.516. The largest absolute Gasteiger partial charge is 0.481 e. The van der Waals surface area contributed by atoms with Crippen LogP contribution >= 0.6 is 0 Å². The fraction of sp³-hybridized carbons (Fsp3) is 0.500. The van der Waals surface area contributed by atoms with Gasteiger partial charge in [0.2, 0.25) is 5.88 Å². The molecule has 0 radical (unpaired) electrons. The number of Topliss-reactive ketones (excluding diaryl/α,β-unsaturated/α-hetero) is 1. The van der Waals surface area contributed by atoms with Gasteiger partial charge in [-0.15, -0.1) is 0 Å². The smallest absolute Gasteiger partial charge is 0.324 e. The Bertz CT molecular complexity index is 1200. The van der Waals surface area contributed by atoms with Crippen LogP contribution in [0.15, 0.2) is 54.1 Å². The second-order valence-electron chi connectivity index (χ2n) is 11.2. The van der Waals surface area contributed by atoms with E-state index in [0.717, 1.165) is 12.0 Å². The molecule has 6 nitrogen and oxygen atoms in total. The molecule has 0 aliphatic heterocycles. The molecule has 1 aromatic heterocycles. The first-order valence-electron chi connectivity index (χ1n) is 12.9. The molecule has 1 heterocycles. The molecule has 0 amide bonds. The number of fused-ring (bicyclic) bond motifs is 4. The molecule has 0 saturated heterocycles. The summed E-state index contributed by atoms with van der Waals surface area (Å²) >= 11 is 0. The number of nitrogens with zero attached hydrogens (tertiary/aromatic N) is 1. The number of carbonyl (C=O) groups excluding carboxylic acids is 2. The van der Waals surface area contributed by atoms with E-state index in [-0.39, 0.29) is 17.1 Å². The number of esters is 1. The average Bonchev–Trinajstić information content (AvgIpc) is 2.85. The van der Waals surface area contributed by atoms with Crippen LogP contribution in [0.1, 0.15) is 63.3 Å². The molecule has 2 bridgehead atoms. The molecule has 5 atom stereocenters. The predicted octanol–water partition coefficient (Wildman–Crippen LogP) is 4.47. The van der Waals surface area contributed by atoms with Crippen molar-refractivity contribution in [3.8, 4) is 5.88 Å². The number of ether oxygens (including phenoxy) is 2. The van der Waals surface area contributed by atoms with Gasteiger partial charge >= 0.3 is 5.97 Å². The first-order chi connectivity index (χ1) is 17.2. The number of aliphatic hydroxyl groups excluding tert-OH is 1. The van der Waals surface area contributed by atoms with Crippen molar-refractivity contribution < 1.29 is 24.2 Å². The summed E-state index contributed by atoms with van der Waals surface area (Å²) < 4.78 is 11.4. The van der Waals surface area contributed by atoms with E-state index >= 15 is 0 Å². The van der Waals surface area contributed by atoms with Gasteiger partial charge in [-0.2, -0.15) is 0 Å². The van der Waals surface area contributed by atoms with Crippen LogP contribution in [0.5, 0.6) is 5.88 Å². The fourth-order valence-corrected chi connectivity index (χ4v) is 6.70. The Hall–Kier alpha value is -2.99. The summed E-state index contributed by atoms with van der Waals surface area (Å²) in [6, 6.07) is 13.7. The average molecular weight is 490 g/mol. The Morgan fingerprint density at radius 2 is 1.89 bits per heavy atom. The minimum Gasteiger partial charge on any atom is -0.481 e. The number of aromatic nitrogens is 1. The summed E-state index contributed by atoms with van der Waals surface area (Å²) in [7, 11) is 1.55. The molecule has 1 unspecified atom stereocenters. The Morgan fingerprint density at radius 3 is 2.58 bits per heavy atom. The number of hydrogen-bond acceptors (Lipinski definition) is 6. The van der Waals surface area contributed by atoms with Crippen LogP contribution in [-0.2, 0) is 31.6 Å². The maximum absolute atomic E-state index is 13.9. The monoisotopic (exact) mass is 489 g/mol. The van der Waals surface area contributed by atoms with Gasteiger partial charge in [-0.1, -0.05) is 61.9 Å². The molecule has 1 aromatic carbocycles. The molecule has 1 N–H and O–H groups in total. The maximum Gasteiger partial charge on any atom is 0.324 e. The van der Waals surface area contributed by atoms with Gasteiger partial charge in [0.05, 0.1) is 18.9 Å². The number of benzene rings is 1.